The lowest BCUT2D eigenvalue weighted by molar-refractivity contribution is 0.0593. The van der Waals surface area contributed by atoms with Crippen molar-refractivity contribution >= 4 is 40.2 Å². The fourth-order valence-electron chi connectivity index (χ4n) is 0.706. The van der Waals surface area contributed by atoms with Gasteiger partial charge >= 0.3 is 5.97 Å². The maximum absolute atomic E-state index is 11.1. The minimum absolute atomic E-state index is 0.0577. The molecule has 7 heteroatoms. The van der Waals surface area contributed by atoms with E-state index in [1.54, 1.807) is 0 Å². The normalized spacial score (nSPS) is 9.75. The second-order valence-corrected chi connectivity index (χ2v) is 2.56. The quantitative estimate of drug-likeness (QED) is 0.406. The van der Waals surface area contributed by atoms with Crippen LogP contribution in [0.3, 0.4) is 0 Å². The Morgan fingerprint density at radius 3 is 2.75 bits per heavy atom. The van der Waals surface area contributed by atoms with E-state index in [1.165, 1.54) is 0 Å². The van der Waals surface area contributed by atoms with E-state index in [4.69, 9.17) is 11.5 Å². The van der Waals surface area contributed by atoms with Gasteiger partial charge < -0.3 is 16.2 Å². The fourth-order valence-corrected chi connectivity index (χ4v) is 0.989. The standard InChI is InChI=1S/C5H7IN4O2/c6-1-12-5(11)2-3(7)9-10-4(2)8/h1H2,(H5,7,8,9,10). The van der Waals surface area contributed by atoms with Crippen molar-refractivity contribution < 1.29 is 9.53 Å². The van der Waals surface area contributed by atoms with Crippen LogP contribution in [-0.4, -0.2) is 20.8 Å². The molecule has 0 unspecified atom stereocenters. The molecule has 1 aromatic rings. The van der Waals surface area contributed by atoms with Gasteiger partial charge in [0.2, 0.25) is 0 Å². The van der Waals surface area contributed by atoms with E-state index >= 15 is 0 Å². The van der Waals surface area contributed by atoms with Crippen molar-refractivity contribution in [1.29, 1.82) is 0 Å². The Kier molecular flexibility index (Phi) is 2.74. The second kappa shape index (κ2) is 3.61. The van der Waals surface area contributed by atoms with E-state index in [9.17, 15) is 4.79 Å². The molecule has 0 atom stereocenters. The molecule has 1 aromatic heterocycles. The Morgan fingerprint density at radius 2 is 2.33 bits per heavy atom. The highest BCUT2D eigenvalue weighted by atomic mass is 127. The molecule has 0 aliphatic carbocycles. The van der Waals surface area contributed by atoms with Crippen molar-refractivity contribution in [3.8, 4) is 0 Å². The zero-order valence-electron chi connectivity index (χ0n) is 6.00. The summed E-state index contributed by atoms with van der Waals surface area (Å²) in [6, 6.07) is 0. The van der Waals surface area contributed by atoms with Gasteiger partial charge in [-0.2, -0.15) is 5.10 Å². The van der Waals surface area contributed by atoms with Gasteiger partial charge in [-0.25, -0.2) is 4.79 Å². The summed E-state index contributed by atoms with van der Waals surface area (Å²) in [4.78, 5) is 11.1. The number of halogens is 1. The van der Waals surface area contributed by atoms with Crippen LogP contribution in [0.4, 0.5) is 11.6 Å². The number of nitrogens with one attached hydrogen (secondary N) is 1. The highest BCUT2D eigenvalue weighted by Gasteiger charge is 2.17. The molecule has 0 aliphatic heterocycles. The van der Waals surface area contributed by atoms with Crippen LogP contribution in [0.15, 0.2) is 0 Å². The molecule has 12 heavy (non-hydrogen) atoms. The Balaban J connectivity index is 2.93. The summed E-state index contributed by atoms with van der Waals surface area (Å²) in [5, 5.41) is 5.92. The number of hydrogen-bond acceptors (Lipinski definition) is 5. The molecule has 0 saturated heterocycles. The predicted molar refractivity (Wildman–Crippen MR) is 51.7 cm³/mol. The van der Waals surface area contributed by atoms with Gasteiger partial charge in [-0.1, -0.05) is 0 Å². The summed E-state index contributed by atoms with van der Waals surface area (Å²) >= 11 is 1.90. The lowest BCUT2D eigenvalue weighted by Crippen LogP contribution is -2.07. The molecule has 0 amide bonds. The Morgan fingerprint density at radius 1 is 1.67 bits per heavy atom. The van der Waals surface area contributed by atoms with Gasteiger partial charge in [0, 0.05) is 0 Å². The highest BCUT2D eigenvalue weighted by molar-refractivity contribution is 14.1. The summed E-state index contributed by atoms with van der Waals surface area (Å²) in [5.74, 6) is -0.377. The molecule has 6 nitrogen and oxygen atoms in total. The summed E-state index contributed by atoms with van der Waals surface area (Å²) in [6.07, 6.45) is 0. The molecule has 0 bridgehead atoms. The third kappa shape index (κ3) is 1.60. The number of anilines is 2. The molecule has 0 fully saturated rings. The maximum atomic E-state index is 11.1. The first-order chi connectivity index (χ1) is 5.66. The maximum Gasteiger partial charge on any atom is 0.346 e. The van der Waals surface area contributed by atoms with Gasteiger partial charge in [0.25, 0.3) is 0 Å². The third-order valence-corrected chi connectivity index (χ3v) is 1.52. The number of nitrogen functional groups attached to an aromatic ring is 2. The van der Waals surface area contributed by atoms with Gasteiger partial charge in [0.15, 0.2) is 5.82 Å². The molecule has 1 heterocycles. The van der Waals surface area contributed by atoms with Crippen molar-refractivity contribution in [1.82, 2.24) is 10.2 Å². The highest BCUT2D eigenvalue weighted by Crippen LogP contribution is 2.16. The van der Waals surface area contributed by atoms with Crippen molar-refractivity contribution in [2.24, 2.45) is 0 Å². The monoisotopic (exact) mass is 282 g/mol. The zero-order chi connectivity index (χ0) is 9.14. The van der Waals surface area contributed by atoms with Crippen LogP contribution < -0.4 is 11.5 Å². The second-order valence-electron chi connectivity index (χ2n) is 1.94. The van der Waals surface area contributed by atoms with Gasteiger partial charge in [-0.05, 0) is 22.6 Å². The first kappa shape index (κ1) is 9.10. The number of rotatable bonds is 2. The van der Waals surface area contributed by atoms with Crippen LogP contribution in [-0.2, 0) is 4.74 Å². The number of hydrogen-bond donors (Lipinski definition) is 3. The number of nitrogens with two attached hydrogens (primary N) is 2. The van der Waals surface area contributed by atoms with Gasteiger partial charge in [-0.15, -0.1) is 0 Å². The minimum Gasteiger partial charge on any atom is -0.451 e. The molecular weight excluding hydrogens is 275 g/mol. The molecule has 66 valence electrons. The first-order valence-electron chi connectivity index (χ1n) is 2.99. The van der Waals surface area contributed by atoms with Crippen molar-refractivity contribution in [2.45, 2.75) is 0 Å². The summed E-state index contributed by atoms with van der Waals surface area (Å²) < 4.78 is 4.93. The number of H-pyrrole nitrogens is 1. The molecule has 0 radical (unpaired) electrons. The molecular formula is C5H7IN4O2. The van der Waals surface area contributed by atoms with E-state index in [2.05, 4.69) is 14.9 Å². The van der Waals surface area contributed by atoms with Crippen LogP contribution in [0.1, 0.15) is 10.4 Å². The van der Waals surface area contributed by atoms with Gasteiger partial charge in [0.1, 0.15) is 16.0 Å². The van der Waals surface area contributed by atoms with Crippen molar-refractivity contribution in [3.63, 3.8) is 0 Å². The van der Waals surface area contributed by atoms with Gasteiger partial charge in [-0.3, -0.25) is 5.10 Å². The molecule has 1 rings (SSSR count). The SMILES string of the molecule is Nc1n[nH]c(N)c1C(=O)OCI. The number of carbonyl (C=O) groups excluding carboxylic acids is 1. The lowest BCUT2D eigenvalue weighted by atomic mass is 10.3. The number of aromatic nitrogens is 2. The first-order valence-corrected chi connectivity index (χ1v) is 4.51. The lowest BCUT2D eigenvalue weighted by Gasteiger charge is -1.98. The number of esters is 1. The Labute approximate surface area is 81.8 Å². The van der Waals surface area contributed by atoms with E-state index in [1.807, 2.05) is 22.6 Å². The smallest absolute Gasteiger partial charge is 0.346 e. The van der Waals surface area contributed by atoms with E-state index in [0.717, 1.165) is 0 Å². The number of aromatic amines is 1. The van der Waals surface area contributed by atoms with Crippen LogP contribution in [0.25, 0.3) is 0 Å². The van der Waals surface area contributed by atoms with Crippen molar-refractivity contribution in [2.75, 3.05) is 16.1 Å². The fraction of sp³-hybridized carbons (Fsp3) is 0.200. The van der Waals surface area contributed by atoms with Crippen LogP contribution in [0.5, 0.6) is 0 Å². The third-order valence-electron chi connectivity index (χ3n) is 1.21. The number of ether oxygens (including phenoxy) is 1. The summed E-state index contributed by atoms with van der Waals surface area (Å²) in [5.41, 5.74) is 10.8. The van der Waals surface area contributed by atoms with Crippen LogP contribution in [0.2, 0.25) is 0 Å². The number of alkyl halides is 1. The average molecular weight is 282 g/mol. The van der Waals surface area contributed by atoms with E-state index < -0.39 is 5.97 Å². The Bertz CT molecular complexity index is 278. The number of carbonyl (C=O) groups is 1. The van der Waals surface area contributed by atoms with Gasteiger partial charge in [0.05, 0.1) is 0 Å². The Hall–Kier alpha value is -0.990. The minimum atomic E-state index is -0.562. The zero-order valence-corrected chi connectivity index (χ0v) is 8.16. The van der Waals surface area contributed by atoms with E-state index in [-0.39, 0.29) is 21.8 Å². The molecule has 0 aliphatic rings. The summed E-state index contributed by atoms with van der Waals surface area (Å²) in [7, 11) is 0. The van der Waals surface area contributed by atoms with Crippen molar-refractivity contribution in [3.05, 3.63) is 5.56 Å². The molecule has 0 spiro atoms. The molecule has 0 aromatic carbocycles. The predicted octanol–water partition coefficient (Wildman–Crippen LogP) is 0.123. The average Bonchev–Trinajstić information content (AvgIpc) is 2.32. The van der Waals surface area contributed by atoms with Crippen LogP contribution in [0, 0.1) is 0 Å². The molecule has 0 saturated carbocycles. The topological polar surface area (TPSA) is 107 Å². The van der Waals surface area contributed by atoms with E-state index in [0.29, 0.717) is 0 Å². The summed E-state index contributed by atoms with van der Waals surface area (Å²) in [6.45, 7) is 0. The molecule has 5 N–H and O–H groups in total. The number of nitrogens with zero attached hydrogens (tertiary/aromatic N) is 1. The van der Waals surface area contributed by atoms with Crippen LogP contribution >= 0.6 is 22.6 Å². The largest absolute Gasteiger partial charge is 0.451 e.